The molecule has 0 bridgehead atoms. The van der Waals surface area contributed by atoms with E-state index in [1.54, 1.807) is 11.8 Å². The SMILES string of the molecule is CCCCCCCCSC(Cc1ccc2oc(Cc3nc(-c4ccccc4)oc3C)cc2c1)C(=O)OCC. The first-order valence-corrected chi connectivity index (χ1v) is 14.9. The van der Waals surface area contributed by atoms with E-state index in [9.17, 15) is 4.79 Å². The molecule has 0 fully saturated rings. The average Bonchev–Trinajstić information content (AvgIpc) is 3.50. The summed E-state index contributed by atoms with van der Waals surface area (Å²) in [4.78, 5) is 17.4. The van der Waals surface area contributed by atoms with Crippen LogP contribution in [0.5, 0.6) is 0 Å². The Hall–Kier alpha value is -2.99. The van der Waals surface area contributed by atoms with E-state index in [1.165, 1.54) is 32.1 Å². The smallest absolute Gasteiger partial charge is 0.319 e. The molecule has 202 valence electrons. The largest absolute Gasteiger partial charge is 0.465 e. The minimum absolute atomic E-state index is 0.118. The molecule has 4 rings (SSSR count). The van der Waals surface area contributed by atoms with Gasteiger partial charge in [0.05, 0.1) is 18.7 Å². The molecule has 5 nitrogen and oxygen atoms in total. The van der Waals surface area contributed by atoms with Gasteiger partial charge in [-0.25, -0.2) is 4.98 Å². The summed E-state index contributed by atoms with van der Waals surface area (Å²) in [5, 5.41) is 0.842. The molecule has 0 radical (unpaired) electrons. The molecule has 0 N–H and O–H groups in total. The molecule has 2 aromatic carbocycles. The van der Waals surface area contributed by atoms with Crippen molar-refractivity contribution in [3.8, 4) is 11.5 Å². The molecule has 2 heterocycles. The number of carbonyl (C=O) groups excluding carboxylic acids is 1. The van der Waals surface area contributed by atoms with Gasteiger partial charge < -0.3 is 13.6 Å². The summed E-state index contributed by atoms with van der Waals surface area (Å²) in [6, 6.07) is 18.2. The van der Waals surface area contributed by atoms with Gasteiger partial charge in [-0.05, 0) is 68.3 Å². The lowest BCUT2D eigenvalue weighted by Gasteiger charge is -2.15. The first kappa shape index (κ1) is 28.0. The minimum Gasteiger partial charge on any atom is -0.465 e. The number of hydrogen-bond donors (Lipinski definition) is 0. The van der Waals surface area contributed by atoms with E-state index >= 15 is 0 Å². The summed E-state index contributed by atoms with van der Waals surface area (Å²) in [6.45, 7) is 6.45. The molecule has 4 aromatic rings. The maximum absolute atomic E-state index is 12.7. The fourth-order valence-electron chi connectivity index (χ4n) is 4.59. The molecule has 1 unspecified atom stereocenters. The van der Waals surface area contributed by atoms with Crippen molar-refractivity contribution in [2.45, 2.75) is 77.4 Å². The van der Waals surface area contributed by atoms with E-state index in [4.69, 9.17) is 18.6 Å². The lowest BCUT2D eigenvalue weighted by molar-refractivity contribution is -0.142. The van der Waals surface area contributed by atoms with Crippen LogP contribution in [0.15, 0.2) is 63.4 Å². The highest BCUT2D eigenvalue weighted by Gasteiger charge is 2.21. The standard InChI is InChI=1S/C32H39NO4S/c1-4-6-7-8-9-13-18-38-30(32(34)35-5-2)20-24-16-17-29-26(19-24)21-27(37-29)22-28-23(3)36-31(33-28)25-14-11-10-12-15-25/h10-12,14-17,19,21,30H,4-9,13,18,20,22H2,1-3H3. The second-order valence-corrected chi connectivity index (χ2v) is 11.0. The quantitative estimate of drug-likeness (QED) is 0.113. The molecule has 1 atom stereocenters. The van der Waals surface area contributed by atoms with Crippen LogP contribution in [0.1, 0.15) is 75.2 Å². The first-order valence-electron chi connectivity index (χ1n) is 13.9. The molecule has 6 heteroatoms. The lowest BCUT2D eigenvalue weighted by atomic mass is 10.1. The van der Waals surface area contributed by atoms with Gasteiger partial charge in [-0.15, -0.1) is 11.8 Å². The number of aryl methyl sites for hydroxylation is 1. The summed E-state index contributed by atoms with van der Waals surface area (Å²) in [7, 11) is 0. The number of ether oxygens (including phenoxy) is 1. The number of benzene rings is 2. The number of fused-ring (bicyclic) bond motifs is 1. The van der Waals surface area contributed by atoms with Crippen molar-refractivity contribution in [1.82, 2.24) is 4.98 Å². The molecular formula is C32H39NO4S. The van der Waals surface area contributed by atoms with E-state index in [0.717, 1.165) is 51.5 Å². The fourth-order valence-corrected chi connectivity index (χ4v) is 5.76. The molecular weight excluding hydrogens is 494 g/mol. The zero-order valence-corrected chi connectivity index (χ0v) is 23.6. The zero-order chi connectivity index (χ0) is 26.7. The number of oxazole rings is 1. The molecule has 0 amide bonds. The molecule has 0 saturated carbocycles. The highest BCUT2D eigenvalue weighted by molar-refractivity contribution is 8.00. The number of rotatable bonds is 15. The molecule has 0 aliphatic heterocycles. The van der Waals surface area contributed by atoms with E-state index < -0.39 is 0 Å². The van der Waals surface area contributed by atoms with Crippen molar-refractivity contribution in [2.24, 2.45) is 0 Å². The Bertz CT molecular complexity index is 1290. The van der Waals surface area contributed by atoms with Crippen molar-refractivity contribution >= 4 is 28.7 Å². The van der Waals surface area contributed by atoms with Gasteiger partial charge in [-0.3, -0.25) is 4.79 Å². The third kappa shape index (κ3) is 7.76. The van der Waals surface area contributed by atoms with Crippen molar-refractivity contribution in [2.75, 3.05) is 12.4 Å². The van der Waals surface area contributed by atoms with Gasteiger partial charge >= 0.3 is 5.97 Å². The Morgan fingerprint density at radius 1 is 0.974 bits per heavy atom. The van der Waals surface area contributed by atoms with E-state index in [1.807, 2.05) is 50.2 Å². The number of carbonyl (C=O) groups is 1. The van der Waals surface area contributed by atoms with Crippen LogP contribution in [0.3, 0.4) is 0 Å². The Balaban J connectivity index is 1.40. The molecule has 0 aliphatic carbocycles. The fraction of sp³-hybridized carbons (Fsp3) is 0.438. The normalized spacial score (nSPS) is 12.2. The number of esters is 1. The van der Waals surface area contributed by atoms with Gasteiger partial charge in [-0.1, -0.05) is 63.3 Å². The van der Waals surface area contributed by atoms with E-state index in [-0.39, 0.29) is 11.2 Å². The third-order valence-electron chi connectivity index (χ3n) is 6.67. The van der Waals surface area contributed by atoms with Gasteiger partial charge in [0, 0.05) is 10.9 Å². The number of furan rings is 1. The van der Waals surface area contributed by atoms with Crippen LogP contribution >= 0.6 is 11.8 Å². The van der Waals surface area contributed by atoms with E-state index in [0.29, 0.717) is 25.3 Å². The predicted octanol–water partition coefficient (Wildman–Crippen LogP) is 8.55. The molecule has 0 aliphatic rings. The zero-order valence-electron chi connectivity index (χ0n) is 22.8. The number of hydrogen-bond acceptors (Lipinski definition) is 6. The third-order valence-corrected chi connectivity index (χ3v) is 7.96. The molecule has 38 heavy (non-hydrogen) atoms. The summed E-state index contributed by atoms with van der Waals surface area (Å²) >= 11 is 1.73. The second kappa shape index (κ2) is 14.2. The monoisotopic (exact) mass is 533 g/mol. The molecule has 2 aromatic heterocycles. The highest BCUT2D eigenvalue weighted by Crippen LogP contribution is 2.28. The van der Waals surface area contributed by atoms with Gasteiger partial charge in [0.15, 0.2) is 0 Å². The summed E-state index contributed by atoms with van der Waals surface area (Å²) in [5.74, 6) is 3.12. The highest BCUT2D eigenvalue weighted by atomic mass is 32.2. The minimum atomic E-state index is -0.191. The number of unbranched alkanes of at least 4 members (excludes halogenated alkanes) is 5. The molecule has 0 spiro atoms. The van der Waals surface area contributed by atoms with E-state index in [2.05, 4.69) is 25.1 Å². The Labute approximate surface area is 230 Å². The number of thioether (sulfide) groups is 1. The van der Waals surface area contributed by atoms with Gasteiger partial charge in [0.2, 0.25) is 5.89 Å². The Kier molecular flexibility index (Phi) is 10.5. The molecule has 0 saturated heterocycles. The first-order chi connectivity index (χ1) is 18.6. The number of nitrogens with zero attached hydrogens (tertiary/aromatic N) is 1. The number of aromatic nitrogens is 1. The summed E-state index contributed by atoms with van der Waals surface area (Å²) in [5.41, 5.74) is 3.78. The lowest BCUT2D eigenvalue weighted by Crippen LogP contribution is -2.23. The van der Waals surface area contributed by atoms with Crippen LogP contribution in [0, 0.1) is 6.92 Å². The van der Waals surface area contributed by atoms with Crippen LogP contribution < -0.4 is 0 Å². The second-order valence-electron chi connectivity index (χ2n) is 9.73. The van der Waals surface area contributed by atoms with Gasteiger partial charge in [0.25, 0.3) is 0 Å². The van der Waals surface area contributed by atoms with Crippen molar-refractivity contribution < 1.29 is 18.4 Å². The predicted molar refractivity (Wildman–Crippen MR) is 156 cm³/mol. The Morgan fingerprint density at radius 3 is 2.55 bits per heavy atom. The maximum atomic E-state index is 12.7. The van der Waals surface area contributed by atoms with Crippen LogP contribution in [-0.2, 0) is 22.4 Å². The van der Waals surface area contributed by atoms with Crippen LogP contribution in [0.4, 0.5) is 0 Å². The van der Waals surface area contributed by atoms with Gasteiger partial charge in [-0.2, -0.15) is 0 Å². The van der Waals surface area contributed by atoms with Crippen LogP contribution in [0.25, 0.3) is 22.4 Å². The summed E-state index contributed by atoms with van der Waals surface area (Å²) in [6.07, 6.45) is 8.73. The van der Waals surface area contributed by atoms with Crippen molar-refractivity contribution in [1.29, 1.82) is 0 Å². The van der Waals surface area contributed by atoms with Crippen LogP contribution in [0.2, 0.25) is 0 Å². The average molecular weight is 534 g/mol. The Morgan fingerprint density at radius 2 is 1.76 bits per heavy atom. The van der Waals surface area contributed by atoms with Crippen molar-refractivity contribution in [3.05, 3.63) is 77.4 Å². The van der Waals surface area contributed by atoms with Crippen LogP contribution in [-0.4, -0.2) is 28.6 Å². The summed E-state index contributed by atoms with van der Waals surface area (Å²) < 4.78 is 17.4. The van der Waals surface area contributed by atoms with Gasteiger partial charge in [0.1, 0.15) is 22.4 Å². The topological polar surface area (TPSA) is 65.5 Å². The maximum Gasteiger partial charge on any atom is 0.319 e. The van der Waals surface area contributed by atoms with Crippen molar-refractivity contribution in [3.63, 3.8) is 0 Å².